The number of hydrogen-bond donors (Lipinski definition) is 2. The van der Waals surface area contributed by atoms with Crippen molar-refractivity contribution in [2.75, 3.05) is 19.5 Å². The van der Waals surface area contributed by atoms with E-state index in [9.17, 15) is 9.18 Å². The average Bonchev–Trinajstić information content (AvgIpc) is 3.22. The van der Waals surface area contributed by atoms with Gasteiger partial charge in [0.05, 0.1) is 24.4 Å². The largest absolute Gasteiger partial charge is 0.493 e. The fraction of sp³-hybridized carbons (Fsp3) is 0.111. The number of ether oxygens (including phenoxy) is 2. The standard InChI is InChI=1S/C18H14FN3O3S/c1-24-14-7-12-16(8-15(14)25-2)26-18(21-12)22-17(23)13-6-9-5-10(19)3-4-11(9)20-13/h3-8,20H,1-2H3,(H,21,22,23). The van der Waals surface area contributed by atoms with Crippen LogP contribution < -0.4 is 14.8 Å². The normalized spacial score (nSPS) is 11.0. The molecular weight excluding hydrogens is 357 g/mol. The summed E-state index contributed by atoms with van der Waals surface area (Å²) in [4.78, 5) is 19.9. The molecule has 0 unspecified atom stereocenters. The number of aromatic nitrogens is 2. The van der Waals surface area contributed by atoms with Crippen LogP contribution in [0.25, 0.3) is 21.1 Å². The molecule has 0 aliphatic heterocycles. The molecule has 4 aromatic rings. The number of hydrogen-bond acceptors (Lipinski definition) is 5. The Labute approximate surface area is 151 Å². The van der Waals surface area contributed by atoms with E-state index in [4.69, 9.17) is 9.47 Å². The summed E-state index contributed by atoms with van der Waals surface area (Å²) < 4.78 is 24.7. The maximum Gasteiger partial charge on any atom is 0.273 e. The number of carbonyl (C=O) groups excluding carboxylic acids is 1. The van der Waals surface area contributed by atoms with E-state index in [1.165, 1.54) is 23.5 Å². The van der Waals surface area contributed by atoms with Crippen LogP contribution in [0.2, 0.25) is 0 Å². The van der Waals surface area contributed by atoms with Crippen LogP contribution >= 0.6 is 11.3 Å². The number of fused-ring (bicyclic) bond motifs is 2. The summed E-state index contributed by atoms with van der Waals surface area (Å²) in [6.07, 6.45) is 0. The number of benzene rings is 2. The quantitative estimate of drug-likeness (QED) is 0.564. The van der Waals surface area contributed by atoms with Gasteiger partial charge in [-0.1, -0.05) is 11.3 Å². The highest BCUT2D eigenvalue weighted by Gasteiger charge is 2.15. The van der Waals surface area contributed by atoms with E-state index in [2.05, 4.69) is 15.3 Å². The van der Waals surface area contributed by atoms with Crippen LogP contribution in [0.1, 0.15) is 10.5 Å². The zero-order valence-corrected chi connectivity index (χ0v) is 14.7. The first kappa shape index (κ1) is 16.3. The summed E-state index contributed by atoms with van der Waals surface area (Å²) in [6, 6.07) is 9.48. The Balaban J connectivity index is 1.63. The zero-order valence-electron chi connectivity index (χ0n) is 13.9. The van der Waals surface area contributed by atoms with Crippen molar-refractivity contribution in [1.29, 1.82) is 0 Å². The third kappa shape index (κ3) is 2.84. The van der Waals surface area contributed by atoms with Crippen LogP contribution in [0, 0.1) is 5.82 Å². The number of carbonyl (C=O) groups is 1. The second kappa shape index (κ2) is 6.30. The summed E-state index contributed by atoms with van der Waals surface area (Å²) in [6.45, 7) is 0. The van der Waals surface area contributed by atoms with Crippen molar-refractivity contribution in [3.8, 4) is 11.5 Å². The Morgan fingerprint density at radius 3 is 2.69 bits per heavy atom. The Morgan fingerprint density at radius 2 is 1.92 bits per heavy atom. The van der Waals surface area contributed by atoms with Crippen LogP contribution in [-0.4, -0.2) is 30.1 Å². The summed E-state index contributed by atoms with van der Waals surface area (Å²) >= 11 is 1.33. The Hall–Kier alpha value is -3.13. The van der Waals surface area contributed by atoms with Crippen molar-refractivity contribution in [3.05, 3.63) is 47.9 Å². The van der Waals surface area contributed by atoms with Gasteiger partial charge >= 0.3 is 0 Å². The molecule has 0 radical (unpaired) electrons. The maximum absolute atomic E-state index is 13.3. The van der Waals surface area contributed by atoms with Crippen LogP contribution in [0.3, 0.4) is 0 Å². The molecule has 0 saturated carbocycles. The minimum atomic E-state index is -0.350. The Morgan fingerprint density at radius 1 is 1.15 bits per heavy atom. The van der Waals surface area contributed by atoms with E-state index in [-0.39, 0.29) is 11.7 Å². The molecule has 132 valence electrons. The van der Waals surface area contributed by atoms with E-state index in [0.29, 0.717) is 38.7 Å². The number of rotatable bonds is 4. The molecule has 0 aliphatic rings. The van der Waals surface area contributed by atoms with Gasteiger partial charge in [-0.05, 0) is 24.3 Å². The van der Waals surface area contributed by atoms with Gasteiger partial charge in [-0.25, -0.2) is 9.37 Å². The average molecular weight is 371 g/mol. The number of nitrogens with one attached hydrogen (secondary N) is 2. The SMILES string of the molecule is COc1cc2nc(NC(=O)c3cc4cc(F)ccc4[nH]3)sc2cc1OC. The Bertz CT molecular complexity index is 1090. The van der Waals surface area contributed by atoms with Gasteiger partial charge in [0.1, 0.15) is 11.5 Å². The first-order chi connectivity index (χ1) is 12.6. The van der Waals surface area contributed by atoms with Gasteiger partial charge in [-0.3, -0.25) is 10.1 Å². The zero-order chi connectivity index (χ0) is 18.3. The highest BCUT2D eigenvalue weighted by Crippen LogP contribution is 2.36. The molecule has 8 heteroatoms. The van der Waals surface area contributed by atoms with Crippen molar-refractivity contribution < 1.29 is 18.7 Å². The molecule has 2 aromatic carbocycles. The number of amides is 1. The molecule has 0 atom stereocenters. The topological polar surface area (TPSA) is 76.2 Å². The molecule has 2 N–H and O–H groups in total. The first-order valence-corrected chi connectivity index (χ1v) is 8.51. The van der Waals surface area contributed by atoms with Gasteiger partial charge < -0.3 is 14.5 Å². The maximum atomic E-state index is 13.3. The molecule has 0 saturated heterocycles. The van der Waals surface area contributed by atoms with E-state index in [1.54, 1.807) is 32.4 Å². The molecule has 0 aliphatic carbocycles. The Kier molecular flexibility index (Phi) is 3.96. The second-order valence-electron chi connectivity index (χ2n) is 5.56. The van der Waals surface area contributed by atoms with E-state index in [0.717, 1.165) is 4.70 Å². The number of methoxy groups -OCH3 is 2. The summed E-state index contributed by atoms with van der Waals surface area (Å²) in [5, 5.41) is 3.84. The lowest BCUT2D eigenvalue weighted by Crippen LogP contribution is -2.11. The molecule has 0 bridgehead atoms. The molecule has 6 nitrogen and oxygen atoms in total. The number of anilines is 1. The van der Waals surface area contributed by atoms with Gasteiger partial charge in [0.2, 0.25) is 0 Å². The van der Waals surface area contributed by atoms with Crippen molar-refractivity contribution in [2.45, 2.75) is 0 Å². The summed E-state index contributed by atoms with van der Waals surface area (Å²) in [5.74, 6) is 0.470. The highest BCUT2D eigenvalue weighted by atomic mass is 32.1. The van der Waals surface area contributed by atoms with E-state index in [1.807, 2.05) is 6.07 Å². The number of aromatic amines is 1. The molecule has 26 heavy (non-hydrogen) atoms. The first-order valence-electron chi connectivity index (χ1n) is 7.69. The van der Waals surface area contributed by atoms with Crippen LogP contribution in [-0.2, 0) is 0 Å². The van der Waals surface area contributed by atoms with Gasteiger partial charge in [-0.15, -0.1) is 0 Å². The molecule has 1 amide bonds. The molecule has 4 rings (SSSR count). The van der Waals surface area contributed by atoms with Gasteiger partial charge in [0.25, 0.3) is 5.91 Å². The third-order valence-electron chi connectivity index (χ3n) is 3.94. The van der Waals surface area contributed by atoms with Crippen molar-refractivity contribution in [1.82, 2.24) is 9.97 Å². The molecule has 2 aromatic heterocycles. The fourth-order valence-corrected chi connectivity index (χ4v) is 3.57. The molecule has 0 fully saturated rings. The smallest absolute Gasteiger partial charge is 0.273 e. The predicted molar refractivity (Wildman–Crippen MR) is 98.9 cm³/mol. The lowest BCUT2D eigenvalue weighted by atomic mass is 10.2. The lowest BCUT2D eigenvalue weighted by Gasteiger charge is -2.05. The molecule has 2 heterocycles. The van der Waals surface area contributed by atoms with Crippen molar-refractivity contribution >= 4 is 43.5 Å². The summed E-state index contributed by atoms with van der Waals surface area (Å²) in [5.41, 5.74) is 1.72. The third-order valence-corrected chi connectivity index (χ3v) is 4.88. The molecular formula is C18H14FN3O3S. The number of H-pyrrole nitrogens is 1. The lowest BCUT2D eigenvalue weighted by molar-refractivity contribution is 0.102. The van der Waals surface area contributed by atoms with Crippen LogP contribution in [0.4, 0.5) is 9.52 Å². The van der Waals surface area contributed by atoms with Crippen molar-refractivity contribution in [2.24, 2.45) is 0 Å². The van der Waals surface area contributed by atoms with Gasteiger partial charge in [0.15, 0.2) is 16.6 Å². The van der Waals surface area contributed by atoms with Crippen LogP contribution in [0.5, 0.6) is 11.5 Å². The van der Waals surface area contributed by atoms with Gasteiger partial charge in [0, 0.05) is 23.0 Å². The number of nitrogens with zero attached hydrogens (tertiary/aromatic N) is 1. The minimum absolute atomic E-state index is 0.333. The fourth-order valence-electron chi connectivity index (χ4n) is 2.70. The van der Waals surface area contributed by atoms with Crippen LogP contribution in [0.15, 0.2) is 36.4 Å². The number of halogens is 1. The minimum Gasteiger partial charge on any atom is -0.493 e. The number of thiazole rings is 1. The van der Waals surface area contributed by atoms with E-state index >= 15 is 0 Å². The highest BCUT2D eigenvalue weighted by molar-refractivity contribution is 7.22. The predicted octanol–water partition coefficient (Wildman–Crippen LogP) is 4.19. The van der Waals surface area contributed by atoms with Gasteiger partial charge in [-0.2, -0.15) is 0 Å². The van der Waals surface area contributed by atoms with E-state index < -0.39 is 0 Å². The van der Waals surface area contributed by atoms with Crippen molar-refractivity contribution in [3.63, 3.8) is 0 Å². The monoisotopic (exact) mass is 371 g/mol. The molecule has 0 spiro atoms. The second-order valence-corrected chi connectivity index (χ2v) is 6.59. The summed E-state index contributed by atoms with van der Waals surface area (Å²) in [7, 11) is 3.11.